The predicted molar refractivity (Wildman–Crippen MR) is 52.5 cm³/mol. The van der Waals surface area contributed by atoms with Crippen LogP contribution in [0.4, 0.5) is 0 Å². The van der Waals surface area contributed by atoms with Crippen LogP contribution in [0.25, 0.3) is 0 Å². The average Bonchev–Trinajstić information content (AvgIpc) is 1.97. The van der Waals surface area contributed by atoms with E-state index in [1.54, 1.807) is 6.20 Å². The van der Waals surface area contributed by atoms with E-state index in [9.17, 15) is 0 Å². The zero-order valence-electron chi connectivity index (χ0n) is 7.76. The summed E-state index contributed by atoms with van der Waals surface area (Å²) in [6.45, 7) is 6.44. The molecule has 0 aliphatic carbocycles. The standard InChI is InChI=1S/C10H14ClN/c1-7(2)6-9-8(3)4-5-12-10(9)11/h4-5,7H,6H2,1-3H3. The molecule has 0 saturated carbocycles. The maximum absolute atomic E-state index is 5.96. The number of aromatic nitrogens is 1. The molecule has 1 aromatic rings. The molecule has 0 aromatic carbocycles. The second-order valence-corrected chi connectivity index (χ2v) is 3.85. The van der Waals surface area contributed by atoms with Crippen LogP contribution in [0, 0.1) is 12.8 Å². The molecule has 0 unspecified atom stereocenters. The monoisotopic (exact) mass is 183 g/mol. The second kappa shape index (κ2) is 3.90. The van der Waals surface area contributed by atoms with Crippen molar-refractivity contribution < 1.29 is 0 Å². The summed E-state index contributed by atoms with van der Waals surface area (Å²) in [5, 5.41) is 0.656. The van der Waals surface area contributed by atoms with Crippen LogP contribution in [0.3, 0.4) is 0 Å². The van der Waals surface area contributed by atoms with Gasteiger partial charge < -0.3 is 0 Å². The molecule has 66 valence electrons. The normalized spacial score (nSPS) is 10.8. The number of nitrogens with zero attached hydrogens (tertiary/aromatic N) is 1. The molecule has 2 heteroatoms. The lowest BCUT2D eigenvalue weighted by Crippen LogP contribution is -1.98. The minimum Gasteiger partial charge on any atom is -0.244 e. The highest BCUT2D eigenvalue weighted by atomic mass is 35.5. The molecule has 0 amide bonds. The molecule has 1 rings (SSSR count). The van der Waals surface area contributed by atoms with Crippen LogP contribution in [0.5, 0.6) is 0 Å². The van der Waals surface area contributed by atoms with E-state index in [4.69, 9.17) is 11.6 Å². The molecule has 1 heterocycles. The highest BCUT2D eigenvalue weighted by Crippen LogP contribution is 2.19. The molecule has 1 aromatic heterocycles. The van der Waals surface area contributed by atoms with Crippen molar-refractivity contribution >= 4 is 11.6 Å². The Balaban J connectivity index is 2.96. The fourth-order valence-electron chi connectivity index (χ4n) is 1.21. The molecule has 0 radical (unpaired) electrons. The van der Waals surface area contributed by atoms with E-state index >= 15 is 0 Å². The summed E-state index contributed by atoms with van der Waals surface area (Å²) in [6, 6.07) is 2.00. The van der Waals surface area contributed by atoms with Crippen LogP contribution >= 0.6 is 11.6 Å². The molecule has 0 N–H and O–H groups in total. The molecule has 0 saturated heterocycles. The topological polar surface area (TPSA) is 12.9 Å². The van der Waals surface area contributed by atoms with Gasteiger partial charge in [-0.05, 0) is 36.5 Å². The summed E-state index contributed by atoms with van der Waals surface area (Å²) in [4.78, 5) is 4.06. The minimum absolute atomic E-state index is 0.630. The fraction of sp³-hybridized carbons (Fsp3) is 0.500. The summed E-state index contributed by atoms with van der Waals surface area (Å²) in [6.07, 6.45) is 2.76. The van der Waals surface area contributed by atoms with Gasteiger partial charge >= 0.3 is 0 Å². The van der Waals surface area contributed by atoms with Crippen LogP contribution in [-0.4, -0.2) is 4.98 Å². The third kappa shape index (κ3) is 2.21. The molecule has 12 heavy (non-hydrogen) atoms. The van der Waals surface area contributed by atoms with E-state index in [1.807, 2.05) is 6.07 Å². The smallest absolute Gasteiger partial charge is 0.132 e. The first-order valence-electron chi connectivity index (χ1n) is 4.21. The van der Waals surface area contributed by atoms with E-state index < -0.39 is 0 Å². The van der Waals surface area contributed by atoms with Gasteiger partial charge in [-0.3, -0.25) is 0 Å². The first kappa shape index (κ1) is 9.53. The molecular weight excluding hydrogens is 170 g/mol. The van der Waals surface area contributed by atoms with E-state index in [1.165, 1.54) is 11.1 Å². The minimum atomic E-state index is 0.630. The first-order valence-corrected chi connectivity index (χ1v) is 4.59. The van der Waals surface area contributed by atoms with Gasteiger partial charge in [-0.15, -0.1) is 0 Å². The Kier molecular flexibility index (Phi) is 3.10. The van der Waals surface area contributed by atoms with Gasteiger partial charge in [0.15, 0.2) is 0 Å². The van der Waals surface area contributed by atoms with E-state index in [0.717, 1.165) is 6.42 Å². The SMILES string of the molecule is Cc1ccnc(Cl)c1CC(C)C. The number of halogens is 1. The highest BCUT2D eigenvalue weighted by Gasteiger charge is 2.06. The average molecular weight is 184 g/mol. The van der Waals surface area contributed by atoms with Gasteiger partial charge in [0, 0.05) is 6.20 Å². The third-order valence-electron chi connectivity index (χ3n) is 1.85. The number of hydrogen-bond donors (Lipinski definition) is 0. The van der Waals surface area contributed by atoms with Crippen LogP contribution in [0.15, 0.2) is 12.3 Å². The Morgan fingerprint density at radius 1 is 1.50 bits per heavy atom. The second-order valence-electron chi connectivity index (χ2n) is 3.50. The molecule has 0 atom stereocenters. The Labute approximate surface area is 78.8 Å². The summed E-state index contributed by atoms with van der Waals surface area (Å²) in [7, 11) is 0. The molecular formula is C10H14ClN. The van der Waals surface area contributed by atoms with Crippen molar-refractivity contribution in [2.45, 2.75) is 27.2 Å². The first-order chi connectivity index (χ1) is 5.61. The van der Waals surface area contributed by atoms with Crippen molar-refractivity contribution in [3.05, 3.63) is 28.5 Å². The van der Waals surface area contributed by atoms with Gasteiger partial charge in [-0.25, -0.2) is 4.98 Å². The van der Waals surface area contributed by atoms with Gasteiger partial charge in [0.2, 0.25) is 0 Å². The molecule has 0 fully saturated rings. The third-order valence-corrected chi connectivity index (χ3v) is 2.18. The summed E-state index contributed by atoms with van der Waals surface area (Å²) >= 11 is 5.96. The Morgan fingerprint density at radius 3 is 2.67 bits per heavy atom. The molecule has 0 aliphatic rings. The largest absolute Gasteiger partial charge is 0.244 e. The van der Waals surface area contributed by atoms with Crippen molar-refractivity contribution in [3.63, 3.8) is 0 Å². The predicted octanol–water partition coefficient (Wildman–Crippen LogP) is 3.24. The Morgan fingerprint density at radius 2 is 2.17 bits per heavy atom. The van der Waals surface area contributed by atoms with Gasteiger partial charge in [0.1, 0.15) is 5.15 Å². The number of aryl methyl sites for hydroxylation is 1. The quantitative estimate of drug-likeness (QED) is 0.642. The Bertz CT molecular complexity index is 248. The van der Waals surface area contributed by atoms with E-state index in [-0.39, 0.29) is 0 Å². The number of pyridine rings is 1. The van der Waals surface area contributed by atoms with Gasteiger partial charge in [-0.1, -0.05) is 25.4 Å². The lowest BCUT2D eigenvalue weighted by atomic mass is 10.0. The van der Waals surface area contributed by atoms with Crippen molar-refractivity contribution in [2.75, 3.05) is 0 Å². The van der Waals surface area contributed by atoms with Crippen LogP contribution in [-0.2, 0) is 6.42 Å². The molecule has 1 nitrogen and oxygen atoms in total. The molecule has 0 bridgehead atoms. The van der Waals surface area contributed by atoms with Gasteiger partial charge in [0.25, 0.3) is 0 Å². The maximum atomic E-state index is 5.96. The van der Waals surface area contributed by atoms with Gasteiger partial charge in [0.05, 0.1) is 0 Å². The maximum Gasteiger partial charge on any atom is 0.132 e. The van der Waals surface area contributed by atoms with Crippen molar-refractivity contribution in [1.29, 1.82) is 0 Å². The van der Waals surface area contributed by atoms with Crippen molar-refractivity contribution in [1.82, 2.24) is 4.98 Å². The molecule has 0 aliphatic heterocycles. The lowest BCUT2D eigenvalue weighted by molar-refractivity contribution is 0.643. The summed E-state index contributed by atoms with van der Waals surface area (Å²) in [5.41, 5.74) is 2.43. The van der Waals surface area contributed by atoms with Crippen molar-refractivity contribution in [2.24, 2.45) is 5.92 Å². The summed E-state index contributed by atoms with van der Waals surface area (Å²) < 4.78 is 0. The van der Waals surface area contributed by atoms with E-state index in [2.05, 4.69) is 25.8 Å². The summed E-state index contributed by atoms with van der Waals surface area (Å²) in [5.74, 6) is 0.630. The molecule has 0 spiro atoms. The Hall–Kier alpha value is -0.560. The van der Waals surface area contributed by atoms with E-state index in [0.29, 0.717) is 11.1 Å². The van der Waals surface area contributed by atoms with Crippen LogP contribution in [0.2, 0.25) is 5.15 Å². The van der Waals surface area contributed by atoms with Crippen molar-refractivity contribution in [3.8, 4) is 0 Å². The van der Waals surface area contributed by atoms with Crippen LogP contribution in [0.1, 0.15) is 25.0 Å². The zero-order chi connectivity index (χ0) is 9.14. The fourth-order valence-corrected chi connectivity index (χ4v) is 1.49. The lowest BCUT2D eigenvalue weighted by Gasteiger charge is -2.09. The number of rotatable bonds is 2. The highest BCUT2D eigenvalue weighted by molar-refractivity contribution is 6.30. The zero-order valence-corrected chi connectivity index (χ0v) is 8.52. The van der Waals surface area contributed by atoms with Crippen LogP contribution < -0.4 is 0 Å². The number of hydrogen-bond acceptors (Lipinski definition) is 1. The van der Waals surface area contributed by atoms with Gasteiger partial charge in [-0.2, -0.15) is 0 Å².